The van der Waals surface area contributed by atoms with Crippen molar-refractivity contribution in [1.29, 1.82) is 0 Å². The van der Waals surface area contributed by atoms with E-state index < -0.39 is 11.4 Å². The summed E-state index contributed by atoms with van der Waals surface area (Å²) in [5.41, 5.74) is -1.31. The SMILES string of the molecule is O=c1nc(-n2cccn2)[nH]c(=O)[nH]1. The summed E-state index contributed by atoms with van der Waals surface area (Å²) >= 11 is 0. The lowest BCUT2D eigenvalue weighted by Gasteiger charge is -1.95. The standard InChI is InChI=1S/C6H5N5O2/c12-5-8-4(9-6(13)10-5)11-3-1-2-7-11/h1-3H,(H2,8,9,10,12,13). The minimum absolute atomic E-state index is 0.0961. The van der Waals surface area contributed by atoms with E-state index >= 15 is 0 Å². The second kappa shape index (κ2) is 2.70. The van der Waals surface area contributed by atoms with Crippen molar-refractivity contribution in [2.24, 2.45) is 0 Å². The maximum Gasteiger partial charge on any atom is 0.352 e. The highest BCUT2D eigenvalue weighted by molar-refractivity contribution is 5.04. The molecular weight excluding hydrogens is 174 g/mol. The highest BCUT2D eigenvalue weighted by atomic mass is 16.2. The van der Waals surface area contributed by atoms with Crippen molar-refractivity contribution >= 4 is 0 Å². The van der Waals surface area contributed by atoms with Crippen molar-refractivity contribution in [1.82, 2.24) is 24.7 Å². The molecule has 0 unspecified atom stereocenters. The van der Waals surface area contributed by atoms with E-state index in [1.165, 1.54) is 10.9 Å². The largest absolute Gasteiger partial charge is 0.352 e. The van der Waals surface area contributed by atoms with Crippen LogP contribution in [0.15, 0.2) is 28.0 Å². The highest BCUT2D eigenvalue weighted by Gasteiger charge is 1.99. The normalized spacial score (nSPS) is 10.2. The summed E-state index contributed by atoms with van der Waals surface area (Å²) in [6.45, 7) is 0. The summed E-state index contributed by atoms with van der Waals surface area (Å²) < 4.78 is 1.29. The topological polar surface area (TPSA) is 96.4 Å². The molecule has 7 heteroatoms. The Labute approximate surface area is 71.1 Å². The van der Waals surface area contributed by atoms with Crippen molar-refractivity contribution < 1.29 is 0 Å². The zero-order valence-electron chi connectivity index (χ0n) is 6.39. The van der Waals surface area contributed by atoms with Crippen LogP contribution in [0.5, 0.6) is 0 Å². The van der Waals surface area contributed by atoms with Crippen LogP contribution in [0.3, 0.4) is 0 Å². The summed E-state index contributed by atoms with van der Waals surface area (Å²) in [4.78, 5) is 29.4. The van der Waals surface area contributed by atoms with Crippen LogP contribution in [0, 0.1) is 0 Å². The number of rotatable bonds is 1. The zero-order chi connectivity index (χ0) is 9.26. The molecule has 0 spiro atoms. The lowest BCUT2D eigenvalue weighted by Crippen LogP contribution is -2.27. The van der Waals surface area contributed by atoms with Crippen molar-refractivity contribution in [3.63, 3.8) is 0 Å². The summed E-state index contributed by atoms with van der Waals surface area (Å²) in [6.07, 6.45) is 3.08. The molecule has 0 aliphatic carbocycles. The summed E-state index contributed by atoms with van der Waals surface area (Å²) in [5.74, 6) is 0.0961. The number of hydrogen-bond donors (Lipinski definition) is 2. The molecule has 2 heterocycles. The van der Waals surface area contributed by atoms with Crippen molar-refractivity contribution in [3.8, 4) is 5.95 Å². The van der Waals surface area contributed by atoms with Gasteiger partial charge in [-0.15, -0.1) is 0 Å². The van der Waals surface area contributed by atoms with Gasteiger partial charge in [-0.05, 0) is 6.07 Å². The first kappa shape index (κ1) is 7.47. The first-order valence-corrected chi connectivity index (χ1v) is 3.46. The zero-order valence-corrected chi connectivity index (χ0v) is 6.39. The monoisotopic (exact) mass is 179 g/mol. The van der Waals surface area contributed by atoms with Gasteiger partial charge in [-0.1, -0.05) is 0 Å². The van der Waals surface area contributed by atoms with Crippen LogP contribution in [-0.4, -0.2) is 24.7 Å². The van der Waals surface area contributed by atoms with Crippen LogP contribution in [0.2, 0.25) is 0 Å². The third-order valence-corrected chi connectivity index (χ3v) is 1.37. The van der Waals surface area contributed by atoms with Gasteiger partial charge in [0, 0.05) is 12.4 Å². The van der Waals surface area contributed by atoms with E-state index in [-0.39, 0.29) is 5.95 Å². The molecule has 0 radical (unpaired) electrons. The summed E-state index contributed by atoms with van der Waals surface area (Å²) in [7, 11) is 0. The molecule has 0 aromatic carbocycles. The number of nitrogens with zero attached hydrogens (tertiary/aromatic N) is 3. The average Bonchev–Trinajstić information content (AvgIpc) is 2.53. The number of aromatic amines is 2. The second-order valence-corrected chi connectivity index (χ2v) is 2.27. The number of H-pyrrole nitrogens is 2. The van der Waals surface area contributed by atoms with E-state index in [4.69, 9.17) is 0 Å². The Morgan fingerprint density at radius 2 is 2.15 bits per heavy atom. The van der Waals surface area contributed by atoms with Crippen LogP contribution < -0.4 is 11.4 Å². The maximum atomic E-state index is 10.8. The molecule has 2 N–H and O–H groups in total. The highest BCUT2D eigenvalue weighted by Crippen LogP contribution is 1.90. The predicted molar refractivity (Wildman–Crippen MR) is 42.6 cm³/mol. The molecule has 0 fully saturated rings. The van der Waals surface area contributed by atoms with E-state index in [2.05, 4.69) is 15.1 Å². The van der Waals surface area contributed by atoms with E-state index in [0.29, 0.717) is 0 Å². The molecule has 2 aromatic heterocycles. The van der Waals surface area contributed by atoms with Crippen LogP contribution in [0.1, 0.15) is 0 Å². The Balaban J connectivity index is 2.66. The smallest absolute Gasteiger partial charge is 0.276 e. The molecule has 0 saturated carbocycles. The van der Waals surface area contributed by atoms with Crippen molar-refractivity contribution in [2.45, 2.75) is 0 Å². The Morgan fingerprint density at radius 3 is 2.77 bits per heavy atom. The number of hydrogen-bond acceptors (Lipinski definition) is 4. The van der Waals surface area contributed by atoms with Gasteiger partial charge in [-0.2, -0.15) is 10.1 Å². The van der Waals surface area contributed by atoms with Gasteiger partial charge < -0.3 is 0 Å². The molecule has 0 aliphatic heterocycles. The first-order valence-electron chi connectivity index (χ1n) is 3.46. The Bertz CT molecular complexity index is 480. The van der Waals surface area contributed by atoms with E-state index in [1.807, 2.05) is 4.98 Å². The van der Waals surface area contributed by atoms with Crippen LogP contribution in [-0.2, 0) is 0 Å². The van der Waals surface area contributed by atoms with Gasteiger partial charge in [0.1, 0.15) is 0 Å². The fraction of sp³-hybridized carbons (Fsp3) is 0. The van der Waals surface area contributed by atoms with Gasteiger partial charge >= 0.3 is 11.4 Å². The van der Waals surface area contributed by atoms with Gasteiger partial charge in [-0.3, -0.25) is 9.97 Å². The Kier molecular flexibility index (Phi) is 1.55. The summed E-state index contributed by atoms with van der Waals surface area (Å²) in [6, 6.07) is 1.65. The fourth-order valence-corrected chi connectivity index (χ4v) is 0.885. The predicted octanol–water partition coefficient (Wildman–Crippen LogP) is -1.36. The summed E-state index contributed by atoms with van der Waals surface area (Å²) in [5, 5.41) is 3.80. The average molecular weight is 179 g/mol. The Morgan fingerprint density at radius 1 is 1.31 bits per heavy atom. The number of aromatic nitrogens is 5. The second-order valence-electron chi connectivity index (χ2n) is 2.27. The molecule has 7 nitrogen and oxygen atoms in total. The first-order chi connectivity index (χ1) is 6.25. The molecule has 0 aliphatic rings. The molecule has 0 bridgehead atoms. The van der Waals surface area contributed by atoms with Crippen LogP contribution in [0.4, 0.5) is 0 Å². The fourth-order valence-electron chi connectivity index (χ4n) is 0.885. The van der Waals surface area contributed by atoms with Gasteiger partial charge in [0.25, 0.3) is 0 Å². The van der Waals surface area contributed by atoms with E-state index in [1.54, 1.807) is 12.3 Å². The van der Waals surface area contributed by atoms with Gasteiger partial charge in [0.15, 0.2) is 0 Å². The lowest BCUT2D eigenvalue weighted by atomic mass is 10.7. The van der Waals surface area contributed by atoms with Crippen LogP contribution >= 0.6 is 0 Å². The van der Waals surface area contributed by atoms with Crippen molar-refractivity contribution in [3.05, 3.63) is 39.4 Å². The van der Waals surface area contributed by atoms with E-state index in [0.717, 1.165) is 0 Å². The molecule has 2 rings (SSSR count). The third-order valence-electron chi connectivity index (χ3n) is 1.37. The maximum absolute atomic E-state index is 10.8. The third kappa shape index (κ3) is 1.39. The lowest BCUT2D eigenvalue weighted by molar-refractivity contribution is 0.768. The quantitative estimate of drug-likeness (QED) is 0.565. The van der Waals surface area contributed by atoms with Gasteiger partial charge in [0.2, 0.25) is 5.95 Å². The van der Waals surface area contributed by atoms with Crippen LogP contribution in [0.25, 0.3) is 5.95 Å². The minimum atomic E-state index is -0.700. The molecule has 0 atom stereocenters. The molecule has 0 saturated heterocycles. The molecule has 2 aromatic rings. The molecule has 0 amide bonds. The Hall–Kier alpha value is -2.18. The van der Waals surface area contributed by atoms with E-state index in [9.17, 15) is 9.59 Å². The van der Waals surface area contributed by atoms with Gasteiger partial charge in [-0.25, -0.2) is 14.3 Å². The molecule has 66 valence electrons. The van der Waals surface area contributed by atoms with Crippen molar-refractivity contribution in [2.75, 3.05) is 0 Å². The van der Waals surface area contributed by atoms with Gasteiger partial charge in [0.05, 0.1) is 0 Å². The number of nitrogens with one attached hydrogen (secondary N) is 2. The molecular formula is C6H5N5O2. The molecule has 13 heavy (non-hydrogen) atoms. The minimum Gasteiger partial charge on any atom is -0.276 e.